The van der Waals surface area contributed by atoms with Crippen molar-refractivity contribution in [1.82, 2.24) is 0 Å². The predicted molar refractivity (Wildman–Crippen MR) is 74.6 cm³/mol. The number of nitrogens with zero attached hydrogens (tertiary/aromatic N) is 1. The second-order valence-electron chi connectivity index (χ2n) is 4.44. The van der Waals surface area contributed by atoms with Gasteiger partial charge in [-0.1, -0.05) is 0 Å². The molecule has 1 aromatic rings. The van der Waals surface area contributed by atoms with Crippen LogP contribution in [0.2, 0.25) is 0 Å². The summed E-state index contributed by atoms with van der Waals surface area (Å²) in [5.74, 6) is -0.599. The Morgan fingerprint density at radius 1 is 1.37 bits per heavy atom. The average Bonchev–Trinajstić information content (AvgIpc) is 2.93. The number of hydrogen-bond donors (Lipinski definition) is 1. The van der Waals surface area contributed by atoms with Crippen molar-refractivity contribution in [3.8, 4) is 0 Å². The van der Waals surface area contributed by atoms with E-state index in [9.17, 15) is 13.2 Å². The Bertz CT molecular complexity index is 600. The molecule has 2 N–H and O–H groups in total. The highest BCUT2D eigenvalue weighted by molar-refractivity contribution is 7.91. The molecule has 0 radical (unpaired) electrons. The maximum absolute atomic E-state index is 11.9. The van der Waals surface area contributed by atoms with Crippen LogP contribution in [-0.2, 0) is 14.6 Å². The second-order valence-corrected chi connectivity index (χ2v) is 7.39. The standard InChI is InChI=1S/C11H16N2O4S2/c1-17-11(14)8-7(12)9(19(2,15)16)10(18-8)13-5-3-4-6-13/h3-6,12H2,1-2H3. The number of nitrogen functional groups attached to an aromatic ring is 1. The van der Waals surface area contributed by atoms with E-state index in [4.69, 9.17) is 5.73 Å². The lowest BCUT2D eigenvalue weighted by molar-refractivity contribution is 0.0607. The Morgan fingerprint density at radius 3 is 2.42 bits per heavy atom. The van der Waals surface area contributed by atoms with Gasteiger partial charge in [0.05, 0.1) is 12.8 Å². The number of anilines is 2. The third-order valence-electron chi connectivity index (χ3n) is 3.02. The summed E-state index contributed by atoms with van der Waals surface area (Å²) in [6.45, 7) is 1.56. The van der Waals surface area contributed by atoms with Crippen molar-refractivity contribution < 1.29 is 17.9 Å². The van der Waals surface area contributed by atoms with Crippen LogP contribution in [0.5, 0.6) is 0 Å². The molecular weight excluding hydrogens is 288 g/mol. The van der Waals surface area contributed by atoms with Gasteiger partial charge in [0, 0.05) is 19.3 Å². The molecule has 19 heavy (non-hydrogen) atoms. The SMILES string of the molecule is COC(=O)c1sc(N2CCCC2)c(S(C)(=O)=O)c1N. The fourth-order valence-corrected chi connectivity index (χ4v) is 4.83. The van der Waals surface area contributed by atoms with E-state index in [-0.39, 0.29) is 15.5 Å². The third-order valence-corrected chi connectivity index (χ3v) is 5.55. The zero-order valence-corrected chi connectivity index (χ0v) is 12.4. The van der Waals surface area contributed by atoms with E-state index in [2.05, 4.69) is 4.74 Å². The maximum Gasteiger partial charge on any atom is 0.350 e. The largest absolute Gasteiger partial charge is 0.465 e. The topological polar surface area (TPSA) is 89.7 Å². The highest BCUT2D eigenvalue weighted by Gasteiger charge is 2.31. The summed E-state index contributed by atoms with van der Waals surface area (Å²) in [6, 6.07) is 0. The quantitative estimate of drug-likeness (QED) is 0.842. The molecule has 0 saturated carbocycles. The minimum atomic E-state index is -3.49. The van der Waals surface area contributed by atoms with Crippen LogP contribution in [0.15, 0.2) is 4.90 Å². The third kappa shape index (κ3) is 2.55. The molecule has 1 aromatic heterocycles. The molecule has 106 valence electrons. The minimum absolute atomic E-state index is 0.00116. The summed E-state index contributed by atoms with van der Waals surface area (Å²) in [5, 5.41) is 0.554. The molecule has 6 nitrogen and oxygen atoms in total. The van der Waals surface area contributed by atoms with Gasteiger partial charge in [0.1, 0.15) is 14.8 Å². The molecule has 0 amide bonds. The smallest absolute Gasteiger partial charge is 0.350 e. The van der Waals surface area contributed by atoms with Crippen LogP contribution >= 0.6 is 11.3 Å². The van der Waals surface area contributed by atoms with Crippen molar-refractivity contribution >= 4 is 37.8 Å². The average molecular weight is 304 g/mol. The summed E-state index contributed by atoms with van der Waals surface area (Å²) in [6.07, 6.45) is 3.12. The first kappa shape index (κ1) is 14.1. The molecule has 1 aliphatic rings. The van der Waals surface area contributed by atoms with Gasteiger partial charge in [-0.3, -0.25) is 0 Å². The van der Waals surface area contributed by atoms with Crippen molar-refractivity contribution in [2.24, 2.45) is 0 Å². The van der Waals surface area contributed by atoms with Gasteiger partial charge in [-0.15, -0.1) is 11.3 Å². The van der Waals surface area contributed by atoms with E-state index < -0.39 is 15.8 Å². The van der Waals surface area contributed by atoms with Gasteiger partial charge in [0.15, 0.2) is 9.84 Å². The fraction of sp³-hybridized carbons (Fsp3) is 0.545. The first-order chi connectivity index (χ1) is 8.86. The molecule has 8 heteroatoms. The first-order valence-electron chi connectivity index (χ1n) is 5.82. The molecule has 0 bridgehead atoms. The number of nitrogens with two attached hydrogens (primary N) is 1. The number of rotatable bonds is 3. The molecule has 0 aromatic carbocycles. The van der Waals surface area contributed by atoms with Gasteiger partial charge in [0.25, 0.3) is 0 Å². The molecule has 1 aliphatic heterocycles. The Labute approximate surface area is 116 Å². The molecule has 0 aliphatic carbocycles. The van der Waals surface area contributed by atoms with E-state index in [1.807, 2.05) is 4.90 Å². The zero-order valence-electron chi connectivity index (χ0n) is 10.8. The van der Waals surface area contributed by atoms with E-state index in [1.165, 1.54) is 7.11 Å². The number of carbonyl (C=O) groups excluding carboxylic acids is 1. The van der Waals surface area contributed by atoms with Gasteiger partial charge in [-0.2, -0.15) is 0 Å². The lowest BCUT2D eigenvalue weighted by atomic mass is 10.4. The number of ether oxygens (including phenoxy) is 1. The van der Waals surface area contributed by atoms with Crippen molar-refractivity contribution in [2.45, 2.75) is 17.7 Å². The molecule has 2 rings (SSSR count). The summed E-state index contributed by atoms with van der Waals surface area (Å²) in [7, 11) is -2.24. The molecular formula is C11H16N2O4S2. The summed E-state index contributed by atoms with van der Waals surface area (Å²) < 4.78 is 28.4. The van der Waals surface area contributed by atoms with Crippen LogP contribution in [0.25, 0.3) is 0 Å². The summed E-state index contributed by atoms with van der Waals surface area (Å²) in [4.78, 5) is 13.8. The highest BCUT2D eigenvalue weighted by atomic mass is 32.2. The normalized spacial score (nSPS) is 15.8. The second kappa shape index (κ2) is 5.01. The predicted octanol–water partition coefficient (Wildman–Crippen LogP) is 1.12. The first-order valence-corrected chi connectivity index (χ1v) is 8.52. The van der Waals surface area contributed by atoms with Crippen molar-refractivity contribution in [3.05, 3.63) is 4.88 Å². The van der Waals surface area contributed by atoms with Crippen LogP contribution in [0.4, 0.5) is 10.7 Å². The Kier molecular flexibility index (Phi) is 3.73. The van der Waals surface area contributed by atoms with Crippen molar-refractivity contribution in [2.75, 3.05) is 37.1 Å². The van der Waals surface area contributed by atoms with Gasteiger partial charge in [0.2, 0.25) is 0 Å². The van der Waals surface area contributed by atoms with Crippen LogP contribution < -0.4 is 10.6 Å². The van der Waals surface area contributed by atoms with E-state index in [0.29, 0.717) is 5.00 Å². The highest BCUT2D eigenvalue weighted by Crippen LogP contribution is 2.42. The van der Waals surface area contributed by atoms with Gasteiger partial charge in [-0.05, 0) is 12.8 Å². The Balaban J connectivity index is 2.61. The zero-order chi connectivity index (χ0) is 14.2. The number of hydrogen-bond acceptors (Lipinski definition) is 7. The van der Waals surface area contributed by atoms with E-state index >= 15 is 0 Å². The minimum Gasteiger partial charge on any atom is -0.465 e. The van der Waals surface area contributed by atoms with Gasteiger partial charge in [-0.25, -0.2) is 13.2 Å². The van der Waals surface area contributed by atoms with E-state index in [0.717, 1.165) is 43.5 Å². The number of esters is 1. The molecule has 2 heterocycles. The monoisotopic (exact) mass is 304 g/mol. The maximum atomic E-state index is 11.9. The van der Waals surface area contributed by atoms with Crippen LogP contribution in [0.1, 0.15) is 22.5 Å². The van der Waals surface area contributed by atoms with Crippen LogP contribution in [0, 0.1) is 0 Å². The van der Waals surface area contributed by atoms with Crippen LogP contribution in [0.3, 0.4) is 0 Å². The fourth-order valence-electron chi connectivity index (χ4n) is 2.15. The summed E-state index contributed by atoms with van der Waals surface area (Å²) >= 11 is 1.09. The Hall–Kier alpha value is -1.28. The number of thiophene rings is 1. The summed E-state index contributed by atoms with van der Waals surface area (Å²) in [5.41, 5.74) is 5.84. The molecule has 0 atom stereocenters. The molecule has 1 saturated heterocycles. The van der Waals surface area contributed by atoms with Crippen molar-refractivity contribution in [3.63, 3.8) is 0 Å². The number of sulfone groups is 1. The van der Waals surface area contributed by atoms with Crippen molar-refractivity contribution in [1.29, 1.82) is 0 Å². The lowest BCUT2D eigenvalue weighted by Crippen LogP contribution is -2.18. The Morgan fingerprint density at radius 2 is 1.95 bits per heavy atom. The molecule has 0 unspecified atom stereocenters. The number of methoxy groups -OCH3 is 1. The molecule has 0 spiro atoms. The number of carbonyl (C=O) groups is 1. The lowest BCUT2D eigenvalue weighted by Gasteiger charge is -2.16. The van der Waals surface area contributed by atoms with E-state index in [1.54, 1.807) is 0 Å². The molecule has 1 fully saturated rings. The van der Waals surface area contributed by atoms with Crippen LogP contribution in [-0.4, -0.2) is 40.8 Å². The van der Waals surface area contributed by atoms with Gasteiger partial charge < -0.3 is 15.4 Å². The van der Waals surface area contributed by atoms with Gasteiger partial charge >= 0.3 is 5.97 Å².